The maximum absolute atomic E-state index is 11.2. The van der Waals surface area contributed by atoms with Crippen LogP contribution in [0.3, 0.4) is 0 Å². The predicted octanol–water partition coefficient (Wildman–Crippen LogP) is 3.23. The Hall–Kier alpha value is 0.130. The average Bonchev–Trinajstić information content (AvgIpc) is 2.58. The third kappa shape index (κ3) is 12.5. The van der Waals surface area contributed by atoms with Crippen LogP contribution in [0.5, 0.6) is 0 Å². The van der Waals surface area contributed by atoms with Gasteiger partial charge in [0, 0.05) is 0 Å². The first-order valence-corrected chi connectivity index (χ1v) is 11.5. The molecule has 0 radical (unpaired) electrons. The third-order valence-electron chi connectivity index (χ3n) is 4.79. The van der Waals surface area contributed by atoms with E-state index in [1.54, 1.807) is 18.2 Å². The van der Waals surface area contributed by atoms with Gasteiger partial charge < -0.3 is 4.55 Å². The van der Waals surface area contributed by atoms with Gasteiger partial charge in [0.1, 0.15) is 10.1 Å². The van der Waals surface area contributed by atoms with E-state index >= 15 is 0 Å². The number of unbranched alkanes of at least 4 members (excludes halogenated alkanes) is 12. The van der Waals surface area contributed by atoms with E-state index in [0.717, 1.165) is 12.8 Å². The van der Waals surface area contributed by atoms with Gasteiger partial charge >= 0.3 is 29.6 Å². The van der Waals surface area contributed by atoms with E-state index in [1.807, 2.05) is 0 Å². The molecule has 0 heterocycles. The standard InChI is InChI=1S/C21H36O3S.Na/c1-2-3-4-5-6-7-8-9-10-11-12-13-14-17-20-18-15-16-19-21(20)25(22,23)24;/h15-16,18-19H,2-14,17H2,1H3,(H,22,23,24);/q;+1/p-1. The van der Waals surface area contributed by atoms with Gasteiger partial charge in [-0.25, -0.2) is 8.42 Å². The molecule has 0 bridgehead atoms. The Balaban J connectivity index is 0.00000625. The summed E-state index contributed by atoms with van der Waals surface area (Å²) >= 11 is 0. The molecule has 26 heavy (non-hydrogen) atoms. The summed E-state index contributed by atoms with van der Waals surface area (Å²) < 4.78 is 33.7. The van der Waals surface area contributed by atoms with Gasteiger partial charge in [0.05, 0.1) is 4.90 Å². The summed E-state index contributed by atoms with van der Waals surface area (Å²) in [5.74, 6) is 0. The van der Waals surface area contributed by atoms with Crippen LogP contribution < -0.4 is 29.6 Å². The van der Waals surface area contributed by atoms with Crippen LogP contribution in [0.4, 0.5) is 0 Å². The molecule has 1 rings (SSSR count). The molecule has 1 aromatic rings. The number of rotatable bonds is 15. The maximum Gasteiger partial charge on any atom is 1.00 e. The Labute approximate surface area is 183 Å². The van der Waals surface area contributed by atoms with Gasteiger partial charge in [0.15, 0.2) is 0 Å². The number of aryl methyl sites for hydroxylation is 1. The second kappa shape index (κ2) is 16.1. The largest absolute Gasteiger partial charge is 1.00 e. The molecule has 0 spiro atoms. The molecular formula is C21H35NaO3S. The van der Waals surface area contributed by atoms with Gasteiger partial charge in [-0.2, -0.15) is 0 Å². The second-order valence-corrected chi connectivity index (χ2v) is 8.40. The summed E-state index contributed by atoms with van der Waals surface area (Å²) in [5, 5.41) is 0. The van der Waals surface area contributed by atoms with Crippen LogP contribution in [-0.4, -0.2) is 13.0 Å². The summed E-state index contributed by atoms with van der Waals surface area (Å²) in [7, 11) is -4.35. The van der Waals surface area contributed by atoms with Crippen molar-refractivity contribution >= 4 is 10.1 Å². The molecule has 5 heteroatoms. The van der Waals surface area contributed by atoms with E-state index in [-0.39, 0.29) is 34.5 Å². The average molecular weight is 391 g/mol. The molecule has 3 nitrogen and oxygen atoms in total. The van der Waals surface area contributed by atoms with E-state index in [4.69, 9.17) is 0 Å². The van der Waals surface area contributed by atoms with Crippen LogP contribution in [0.1, 0.15) is 96.0 Å². The Kier molecular flexibility index (Phi) is 16.2. The molecule has 1 aromatic carbocycles. The molecule has 144 valence electrons. The van der Waals surface area contributed by atoms with Crippen LogP contribution in [-0.2, 0) is 16.5 Å². The van der Waals surface area contributed by atoms with E-state index in [2.05, 4.69) is 6.92 Å². The van der Waals surface area contributed by atoms with Crippen molar-refractivity contribution in [2.24, 2.45) is 0 Å². The monoisotopic (exact) mass is 390 g/mol. The number of benzene rings is 1. The van der Waals surface area contributed by atoms with Crippen molar-refractivity contribution in [1.29, 1.82) is 0 Å². The molecule has 0 aromatic heterocycles. The fourth-order valence-corrected chi connectivity index (χ4v) is 4.02. The Morgan fingerprint density at radius 2 is 1.15 bits per heavy atom. The van der Waals surface area contributed by atoms with Gasteiger partial charge in [-0.05, 0) is 24.5 Å². The van der Waals surface area contributed by atoms with E-state index in [9.17, 15) is 13.0 Å². The zero-order chi connectivity index (χ0) is 18.4. The molecule has 0 amide bonds. The minimum Gasteiger partial charge on any atom is -0.744 e. The van der Waals surface area contributed by atoms with Crippen LogP contribution in [0, 0.1) is 0 Å². The topological polar surface area (TPSA) is 57.2 Å². The summed E-state index contributed by atoms with van der Waals surface area (Å²) in [6.07, 6.45) is 17.5. The van der Waals surface area contributed by atoms with Gasteiger partial charge in [-0.3, -0.25) is 0 Å². The summed E-state index contributed by atoms with van der Waals surface area (Å²) in [6, 6.07) is 6.58. The van der Waals surface area contributed by atoms with Gasteiger partial charge in [0.2, 0.25) is 0 Å². The van der Waals surface area contributed by atoms with Crippen LogP contribution >= 0.6 is 0 Å². The molecule has 0 N–H and O–H groups in total. The van der Waals surface area contributed by atoms with Gasteiger partial charge in [0.25, 0.3) is 0 Å². The second-order valence-electron chi connectivity index (χ2n) is 7.05. The predicted molar refractivity (Wildman–Crippen MR) is 104 cm³/mol. The molecule has 0 saturated carbocycles. The molecule has 0 saturated heterocycles. The first-order valence-electron chi connectivity index (χ1n) is 10.1. The summed E-state index contributed by atoms with van der Waals surface area (Å²) in [4.78, 5) is -0.0473. The molecule has 0 aliphatic rings. The fraction of sp³-hybridized carbons (Fsp3) is 0.714. The molecule has 0 unspecified atom stereocenters. The number of hydrogen-bond acceptors (Lipinski definition) is 3. The van der Waals surface area contributed by atoms with Crippen molar-refractivity contribution in [1.82, 2.24) is 0 Å². The normalized spacial score (nSPS) is 11.3. The minimum atomic E-state index is -4.35. The smallest absolute Gasteiger partial charge is 0.744 e. The van der Waals surface area contributed by atoms with Crippen LogP contribution in [0.15, 0.2) is 29.2 Å². The van der Waals surface area contributed by atoms with Crippen molar-refractivity contribution in [3.63, 3.8) is 0 Å². The first-order chi connectivity index (χ1) is 12.1. The zero-order valence-corrected chi connectivity index (χ0v) is 19.7. The fourth-order valence-electron chi connectivity index (χ4n) is 3.29. The Morgan fingerprint density at radius 3 is 1.62 bits per heavy atom. The van der Waals surface area contributed by atoms with Gasteiger partial charge in [-0.1, -0.05) is 102 Å². The zero-order valence-electron chi connectivity index (χ0n) is 16.8. The van der Waals surface area contributed by atoms with E-state index in [1.165, 1.54) is 76.7 Å². The summed E-state index contributed by atoms with van der Waals surface area (Å²) in [5.41, 5.74) is 0.667. The van der Waals surface area contributed by atoms with Crippen molar-refractivity contribution in [3.8, 4) is 0 Å². The Morgan fingerprint density at radius 1 is 0.731 bits per heavy atom. The van der Waals surface area contributed by atoms with Crippen molar-refractivity contribution in [2.75, 3.05) is 0 Å². The molecule has 0 aliphatic carbocycles. The van der Waals surface area contributed by atoms with Crippen LogP contribution in [0.2, 0.25) is 0 Å². The van der Waals surface area contributed by atoms with E-state index in [0.29, 0.717) is 12.0 Å². The minimum absolute atomic E-state index is 0. The maximum atomic E-state index is 11.2. The summed E-state index contributed by atoms with van der Waals surface area (Å²) in [6.45, 7) is 2.25. The van der Waals surface area contributed by atoms with Crippen molar-refractivity contribution in [3.05, 3.63) is 29.8 Å². The molecule has 0 atom stereocenters. The van der Waals surface area contributed by atoms with Gasteiger partial charge in [-0.15, -0.1) is 0 Å². The van der Waals surface area contributed by atoms with Crippen molar-refractivity contribution in [2.45, 2.75) is 102 Å². The Bertz CT molecular complexity index is 558. The molecule has 0 aliphatic heterocycles. The van der Waals surface area contributed by atoms with E-state index < -0.39 is 10.1 Å². The van der Waals surface area contributed by atoms with Crippen molar-refractivity contribution < 1.29 is 42.5 Å². The molecular weight excluding hydrogens is 355 g/mol. The number of hydrogen-bond donors (Lipinski definition) is 0. The third-order valence-corrected chi connectivity index (χ3v) is 5.73. The quantitative estimate of drug-likeness (QED) is 0.262. The van der Waals surface area contributed by atoms with Crippen LogP contribution in [0.25, 0.3) is 0 Å². The molecule has 0 fully saturated rings. The SMILES string of the molecule is CCCCCCCCCCCCCCCc1ccccc1S(=O)(=O)[O-].[Na+]. The first kappa shape index (κ1) is 26.1.